The van der Waals surface area contributed by atoms with Crippen LogP contribution in [0.15, 0.2) is 24.4 Å². The Morgan fingerprint density at radius 1 is 1.50 bits per heavy atom. The third kappa shape index (κ3) is 1.74. The minimum absolute atomic E-state index is 0.305. The highest BCUT2D eigenvalue weighted by atomic mass is 16.5. The zero-order chi connectivity index (χ0) is 8.23. The van der Waals surface area contributed by atoms with E-state index in [0.29, 0.717) is 6.10 Å². The fraction of sp³-hybridized carbons (Fsp3) is 0.444. The average Bonchev–Trinajstić information content (AvgIpc) is 2.59. The Morgan fingerprint density at radius 3 is 3.17 bits per heavy atom. The van der Waals surface area contributed by atoms with Gasteiger partial charge < -0.3 is 10.1 Å². The molecule has 1 saturated heterocycles. The normalized spacial score (nSPS) is 22.5. The molecule has 3 nitrogen and oxygen atoms in total. The van der Waals surface area contributed by atoms with Gasteiger partial charge in [-0.2, -0.15) is 0 Å². The van der Waals surface area contributed by atoms with E-state index in [0.717, 1.165) is 25.4 Å². The first kappa shape index (κ1) is 7.55. The molecule has 1 N–H and O–H groups in total. The van der Waals surface area contributed by atoms with Crippen LogP contribution in [0.2, 0.25) is 0 Å². The van der Waals surface area contributed by atoms with Gasteiger partial charge in [-0.25, -0.2) is 4.98 Å². The van der Waals surface area contributed by atoms with Crippen LogP contribution in [0.25, 0.3) is 0 Å². The highest BCUT2D eigenvalue weighted by Gasteiger charge is 2.15. The zero-order valence-electron chi connectivity index (χ0n) is 6.86. The van der Waals surface area contributed by atoms with Crippen molar-refractivity contribution in [2.24, 2.45) is 0 Å². The Labute approximate surface area is 71.8 Å². The molecule has 1 aromatic rings. The molecule has 0 saturated carbocycles. The minimum Gasteiger partial charge on any atom is -0.473 e. The van der Waals surface area contributed by atoms with Crippen LogP contribution in [0.3, 0.4) is 0 Å². The van der Waals surface area contributed by atoms with E-state index in [-0.39, 0.29) is 0 Å². The molecule has 2 heterocycles. The number of aromatic nitrogens is 1. The quantitative estimate of drug-likeness (QED) is 0.702. The molecule has 1 aromatic heterocycles. The van der Waals surface area contributed by atoms with Gasteiger partial charge in [0.2, 0.25) is 5.88 Å². The summed E-state index contributed by atoms with van der Waals surface area (Å²) in [5, 5.41) is 3.24. The van der Waals surface area contributed by atoms with E-state index in [1.165, 1.54) is 0 Å². The standard InChI is InChI=1S/C9H12N2O/c1-2-5-11-9(3-1)12-8-4-6-10-7-8/h1-3,5,8,10H,4,6-7H2/t8-/m0/s1. The predicted molar refractivity (Wildman–Crippen MR) is 46.1 cm³/mol. The molecule has 64 valence electrons. The first-order valence-corrected chi connectivity index (χ1v) is 4.23. The van der Waals surface area contributed by atoms with Crippen molar-refractivity contribution in [1.82, 2.24) is 10.3 Å². The number of ether oxygens (including phenoxy) is 1. The Kier molecular flexibility index (Phi) is 2.23. The monoisotopic (exact) mass is 164 g/mol. The van der Waals surface area contributed by atoms with Crippen LogP contribution in [-0.4, -0.2) is 24.2 Å². The first-order valence-electron chi connectivity index (χ1n) is 4.23. The van der Waals surface area contributed by atoms with Crippen LogP contribution < -0.4 is 10.1 Å². The lowest BCUT2D eigenvalue weighted by atomic mass is 10.3. The summed E-state index contributed by atoms with van der Waals surface area (Å²) < 4.78 is 5.60. The summed E-state index contributed by atoms with van der Waals surface area (Å²) in [4.78, 5) is 4.09. The summed E-state index contributed by atoms with van der Waals surface area (Å²) >= 11 is 0. The molecule has 0 spiro atoms. The van der Waals surface area contributed by atoms with Gasteiger partial charge >= 0.3 is 0 Å². The van der Waals surface area contributed by atoms with Gasteiger partial charge in [-0.3, -0.25) is 0 Å². The van der Waals surface area contributed by atoms with E-state index in [2.05, 4.69) is 10.3 Å². The van der Waals surface area contributed by atoms with Crippen LogP contribution in [0.4, 0.5) is 0 Å². The molecule has 0 unspecified atom stereocenters. The van der Waals surface area contributed by atoms with Crippen LogP contribution in [0.1, 0.15) is 6.42 Å². The lowest BCUT2D eigenvalue weighted by molar-refractivity contribution is 0.214. The molecule has 0 bridgehead atoms. The molecule has 0 aromatic carbocycles. The lowest BCUT2D eigenvalue weighted by Gasteiger charge is -2.10. The molecule has 1 fully saturated rings. The van der Waals surface area contributed by atoms with E-state index >= 15 is 0 Å². The van der Waals surface area contributed by atoms with Gasteiger partial charge in [-0.15, -0.1) is 0 Å². The van der Waals surface area contributed by atoms with Crippen LogP contribution >= 0.6 is 0 Å². The lowest BCUT2D eigenvalue weighted by Crippen LogP contribution is -2.19. The summed E-state index contributed by atoms with van der Waals surface area (Å²) in [5.41, 5.74) is 0. The second-order valence-electron chi connectivity index (χ2n) is 2.90. The van der Waals surface area contributed by atoms with Gasteiger partial charge in [-0.05, 0) is 19.0 Å². The van der Waals surface area contributed by atoms with Crippen molar-refractivity contribution in [2.45, 2.75) is 12.5 Å². The largest absolute Gasteiger partial charge is 0.473 e. The van der Waals surface area contributed by atoms with Crippen molar-refractivity contribution in [1.29, 1.82) is 0 Å². The van der Waals surface area contributed by atoms with Gasteiger partial charge in [0.15, 0.2) is 0 Å². The number of hydrogen-bond donors (Lipinski definition) is 1. The van der Waals surface area contributed by atoms with Crippen molar-refractivity contribution in [2.75, 3.05) is 13.1 Å². The molecule has 2 rings (SSSR count). The van der Waals surface area contributed by atoms with Crippen LogP contribution in [-0.2, 0) is 0 Å². The van der Waals surface area contributed by atoms with Crippen molar-refractivity contribution >= 4 is 0 Å². The van der Waals surface area contributed by atoms with Crippen LogP contribution in [0.5, 0.6) is 5.88 Å². The van der Waals surface area contributed by atoms with Gasteiger partial charge in [0.25, 0.3) is 0 Å². The highest BCUT2D eigenvalue weighted by Crippen LogP contribution is 2.10. The Hall–Kier alpha value is -1.09. The van der Waals surface area contributed by atoms with Crippen molar-refractivity contribution in [3.05, 3.63) is 24.4 Å². The molecule has 1 aliphatic rings. The third-order valence-electron chi connectivity index (χ3n) is 1.94. The summed E-state index contributed by atoms with van der Waals surface area (Å²) in [7, 11) is 0. The van der Waals surface area contributed by atoms with E-state index in [1.54, 1.807) is 6.20 Å². The van der Waals surface area contributed by atoms with Gasteiger partial charge in [0.05, 0.1) is 0 Å². The summed E-state index contributed by atoms with van der Waals surface area (Å²) in [6.07, 6.45) is 3.13. The number of nitrogens with zero attached hydrogens (tertiary/aromatic N) is 1. The van der Waals surface area contributed by atoms with Crippen molar-refractivity contribution < 1.29 is 4.74 Å². The summed E-state index contributed by atoms with van der Waals surface area (Å²) in [6.45, 7) is 1.99. The molecule has 0 amide bonds. The van der Waals surface area contributed by atoms with Gasteiger partial charge in [0, 0.05) is 18.8 Å². The Bertz CT molecular complexity index is 232. The van der Waals surface area contributed by atoms with E-state index in [4.69, 9.17) is 4.74 Å². The average molecular weight is 164 g/mol. The Morgan fingerprint density at radius 2 is 2.50 bits per heavy atom. The number of hydrogen-bond acceptors (Lipinski definition) is 3. The fourth-order valence-electron chi connectivity index (χ4n) is 1.32. The van der Waals surface area contributed by atoms with E-state index < -0.39 is 0 Å². The maximum absolute atomic E-state index is 5.60. The SMILES string of the molecule is c1ccc(O[C@H]2CCNC2)nc1. The topological polar surface area (TPSA) is 34.1 Å². The maximum atomic E-state index is 5.60. The number of nitrogens with one attached hydrogen (secondary N) is 1. The number of pyridine rings is 1. The van der Waals surface area contributed by atoms with E-state index in [1.807, 2.05) is 18.2 Å². The Balaban J connectivity index is 1.94. The number of rotatable bonds is 2. The second-order valence-corrected chi connectivity index (χ2v) is 2.90. The zero-order valence-corrected chi connectivity index (χ0v) is 6.86. The maximum Gasteiger partial charge on any atom is 0.213 e. The molecule has 1 atom stereocenters. The molecule has 0 aliphatic carbocycles. The molecule has 1 aliphatic heterocycles. The van der Waals surface area contributed by atoms with Crippen LogP contribution in [0, 0.1) is 0 Å². The summed E-state index contributed by atoms with van der Waals surface area (Å²) in [6, 6.07) is 5.71. The molecular formula is C9H12N2O. The van der Waals surface area contributed by atoms with E-state index in [9.17, 15) is 0 Å². The van der Waals surface area contributed by atoms with Gasteiger partial charge in [0.1, 0.15) is 6.10 Å². The van der Waals surface area contributed by atoms with Gasteiger partial charge in [-0.1, -0.05) is 6.07 Å². The molecule has 0 radical (unpaired) electrons. The van der Waals surface area contributed by atoms with Crippen molar-refractivity contribution in [3.8, 4) is 5.88 Å². The highest BCUT2D eigenvalue weighted by molar-refractivity contribution is 5.09. The predicted octanol–water partition coefficient (Wildman–Crippen LogP) is 0.822. The smallest absolute Gasteiger partial charge is 0.213 e. The second kappa shape index (κ2) is 3.54. The fourth-order valence-corrected chi connectivity index (χ4v) is 1.32. The molecular weight excluding hydrogens is 152 g/mol. The molecule has 12 heavy (non-hydrogen) atoms. The minimum atomic E-state index is 0.305. The van der Waals surface area contributed by atoms with Crippen molar-refractivity contribution in [3.63, 3.8) is 0 Å². The third-order valence-corrected chi connectivity index (χ3v) is 1.94. The first-order chi connectivity index (χ1) is 5.95. The summed E-state index contributed by atoms with van der Waals surface area (Å²) in [5.74, 6) is 0.728. The molecule has 3 heteroatoms.